The number of piperazine rings is 1. The molecule has 0 radical (unpaired) electrons. The molecule has 13 nitrogen and oxygen atoms in total. The number of hydrazine groups is 1. The van der Waals surface area contributed by atoms with E-state index in [1.165, 1.54) is 6.92 Å². The van der Waals surface area contributed by atoms with Crippen LogP contribution in [0.15, 0.2) is 12.1 Å². The first-order chi connectivity index (χ1) is 18.6. The highest BCUT2D eigenvalue weighted by Crippen LogP contribution is 2.30. The van der Waals surface area contributed by atoms with Crippen LogP contribution in [0.2, 0.25) is 10.3 Å². The van der Waals surface area contributed by atoms with Crippen LogP contribution in [-0.4, -0.2) is 87.3 Å². The topological polar surface area (TPSA) is 176 Å². The number of aromatic nitrogens is 3. The second-order valence-corrected chi connectivity index (χ2v) is 10.3. The van der Waals surface area contributed by atoms with Gasteiger partial charge in [0.25, 0.3) is 11.8 Å². The SMILES string of the molecule is CC[C@H]1CN(c2nc(N)c(C(=O)NNC(C)=O)nc2Cl)CCN1C1CCN(C(=O)c2ccc(Cl)nc2N)CC1. The van der Waals surface area contributed by atoms with Crippen molar-refractivity contribution in [2.24, 2.45) is 0 Å². The molecule has 15 heteroatoms. The number of likely N-dealkylation sites (tertiary alicyclic amines) is 1. The fourth-order valence-electron chi connectivity index (χ4n) is 5.10. The number of carbonyl (C=O) groups is 3. The molecule has 4 heterocycles. The molecule has 2 aliphatic rings. The van der Waals surface area contributed by atoms with Crippen molar-refractivity contribution in [1.29, 1.82) is 0 Å². The summed E-state index contributed by atoms with van der Waals surface area (Å²) in [6.07, 6.45) is 2.59. The van der Waals surface area contributed by atoms with Gasteiger partial charge in [-0.2, -0.15) is 0 Å². The zero-order valence-corrected chi connectivity index (χ0v) is 23.3. The van der Waals surface area contributed by atoms with Gasteiger partial charge in [-0.1, -0.05) is 30.1 Å². The number of anilines is 3. The average molecular weight is 579 g/mol. The van der Waals surface area contributed by atoms with Crippen LogP contribution in [0.3, 0.4) is 0 Å². The van der Waals surface area contributed by atoms with Gasteiger partial charge in [0.15, 0.2) is 22.5 Å². The second-order valence-electron chi connectivity index (χ2n) is 9.54. The summed E-state index contributed by atoms with van der Waals surface area (Å²) in [6.45, 7) is 6.71. The summed E-state index contributed by atoms with van der Waals surface area (Å²) in [6, 6.07) is 3.74. The summed E-state index contributed by atoms with van der Waals surface area (Å²) in [5.41, 5.74) is 16.5. The first kappa shape index (κ1) is 28.6. The lowest BCUT2D eigenvalue weighted by atomic mass is 9.97. The molecule has 39 heavy (non-hydrogen) atoms. The number of piperidine rings is 1. The van der Waals surface area contributed by atoms with Crippen LogP contribution in [0.5, 0.6) is 0 Å². The van der Waals surface area contributed by atoms with Crippen LogP contribution in [0.25, 0.3) is 0 Å². The van der Waals surface area contributed by atoms with Crippen molar-refractivity contribution in [3.05, 3.63) is 33.7 Å². The molecule has 4 rings (SSSR count). The highest BCUT2D eigenvalue weighted by molar-refractivity contribution is 6.32. The lowest BCUT2D eigenvalue weighted by molar-refractivity contribution is -0.119. The molecule has 0 unspecified atom stereocenters. The normalized spacial score (nSPS) is 18.6. The van der Waals surface area contributed by atoms with Gasteiger partial charge in [0.1, 0.15) is 11.0 Å². The monoisotopic (exact) mass is 578 g/mol. The standard InChI is InChI=1S/C24H32Cl2N10O3/c1-3-14-12-35(22-19(26)30-18(21(28)31-22)23(38)33-32-13(2)37)10-11-36(14)15-6-8-34(9-7-15)24(39)16-4-5-17(25)29-20(16)27/h4-5,14-15H,3,6-12H2,1-2H3,(H2,27,29)(H2,28,31)(H,32,37)(H,33,38)/t14-/m0/s1. The number of rotatable bonds is 5. The number of nitrogen functional groups attached to an aromatic ring is 2. The first-order valence-corrected chi connectivity index (χ1v) is 13.5. The van der Waals surface area contributed by atoms with E-state index in [4.69, 9.17) is 34.7 Å². The van der Waals surface area contributed by atoms with E-state index < -0.39 is 11.8 Å². The Balaban J connectivity index is 1.38. The average Bonchev–Trinajstić information content (AvgIpc) is 2.92. The minimum absolute atomic E-state index is 0.0586. The van der Waals surface area contributed by atoms with Gasteiger partial charge in [-0.3, -0.25) is 30.1 Å². The molecule has 3 amide bonds. The van der Waals surface area contributed by atoms with E-state index in [9.17, 15) is 14.4 Å². The predicted octanol–water partition coefficient (Wildman–Crippen LogP) is 1.33. The third kappa shape index (κ3) is 6.43. The van der Waals surface area contributed by atoms with Crippen molar-refractivity contribution in [2.45, 2.75) is 45.2 Å². The van der Waals surface area contributed by atoms with Crippen molar-refractivity contribution in [3.8, 4) is 0 Å². The zero-order valence-electron chi connectivity index (χ0n) is 21.8. The number of halogens is 2. The Hall–Kier alpha value is -3.42. The molecule has 0 saturated carbocycles. The summed E-state index contributed by atoms with van der Waals surface area (Å²) in [5.74, 6) is -0.812. The van der Waals surface area contributed by atoms with Crippen LogP contribution in [0.4, 0.5) is 17.5 Å². The third-order valence-electron chi connectivity index (χ3n) is 7.07. The fourth-order valence-corrected chi connectivity index (χ4v) is 5.50. The van der Waals surface area contributed by atoms with Crippen LogP contribution in [0, 0.1) is 0 Å². The van der Waals surface area contributed by atoms with E-state index in [2.05, 4.69) is 37.6 Å². The summed E-state index contributed by atoms with van der Waals surface area (Å²) in [7, 11) is 0. The number of nitrogens with zero attached hydrogens (tertiary/aromatic N) is 6. The molecule has 0 aromatic carbocycles. The van der Waals surface area contributed by atoms with Gasteiger partial charge in [-0.05, 0) is 31.4 Å². The maximum absolute atomic E-state index is 13.0. The summed E-state index contributed by atoms with van der Waals surface area (Å²) >= 11 is 12.3. The van der Waals surface area contributed by atoms with Gasteiger partial charge in [0, 0.05) is 51.7 Å². The van der Waals surface area contributed by atoms with E-state index in [1.807, 2.05) is 9.80 Å². The van der Waals surface area contributed by atoms with Crippen LogP contribution >= 0.6 is 23.2 Å². The zero-order chi connectivity index (χ0) is 28.3. The van der Waals surface area contributed by atoms with Crippen molar-refractivity contribution < 1.29 is 14.4 Å². The molecule has 0 spiro atoms. The van der Waals surface area contributed by atoms with Crippen molar-refractivity contribution in [2.75, 3.05) is 49.1 Å². The van der Waals surface area contributed by atoms with Crippen LogP contribution in [-0.2, 0) is 4.79 Å². The Bertz CT molecular complexity index is 1250. The Morgan fingerprint density at radius 2 is 1.72 bits per heavy atom. The van der Waals surface area contributed by atoms with Crippen molar-refractivity contribution in [1.82, 2.24) is 35.6 Å². The minimum Gasteiger partial charge on any atom is -0.383 e. The Morgan fingerprint density at radius 3 is 2.36 bits per heavy atom. The molecular weight excluding hydrogens is 547 g/mol. The molecule has 2 fully saturated rings. The fraction of sp³-hybridized carbons (Fsp3) is 0.500. The molecule has 2 aliphatic heterocycles. The number of nitrogens with one attached hydrogen (secondary N) is 2. The maximum Gasteiger partial charge on any atom is 0.292 e. The lowest BCUT2D eigenvalue weighted by Gasteiger charge is -2.47. The minimum atomic E-state index is -0.709. The quantitative estimate of drug-likeness (QED) is 0.299. The Morgan fingerprint density at radius 1 is 1.00 bits per heavy atom. The predicted molar refractivity (Wildman–Crippen MR) is 148 cm³/mol. The van der Waals surface area contributed by atoms with Gasteiger partial charge in [-0.15, -0.1) is 0 Å². The summed E-state index contributed by atoms with van der Waals surface area (Å²) < 4.78 is 0. The molecular formula is C24H32Cl2N10O3. The van der Waals surface area contributed by atoms with E-state index in [-0.39, 0.29) is 39.6 Å². The maximum atomic E-state index is 13.0. The number of carbonyl (C=O) groups excluding carboxylic acids is 3. The number of hydrogen-bond donors (Lipinski definition) is 4. The number of pyridine rings is 1. The van der Waals surface area contributed by atoms with E-state index in [1.54, 1.807) is 12.1 Å². The molecule has 2 aromatic heterocycles. The molecule has 6 N–H and O–H groups in total. The Kier molecular flexibility index (Phi) is 8.93. The summed E-state index contributed by atoms with van der Waals surface area (Å²) in [4.78, 5) is 55.2. The highest BCUT2D eigenvalue weighted by Gasteiger charge is 2.35. The lowest BCUT2D eigenvalue weighted by Crippen LogP contribution is -2.58. The van der Waals surface area contributed by atoms with Gasteiger partial charge in [0.05, 0.1) is 5.56 Å². The molecule has 0 bridgehead atoms. The van der Waals surface area contributed by atoms with Gasteiger partial charge < -0.3 is 21.3 Å². The smallest absolute Gasteiger partial charge is 0.292 e. The molecule has 210 valence electrons. The number of hydrogen-bond acceptors (Lipinski definition) is 10. The molecule has 2 saturated heterocycles. The van der Waals surface area contributed by atoms with Crippen LogP contribution in [0.1, 0.15) is 54.0 Å². The molecule has 1 atom stereocenters. The third-order valence-corrected chi connectivity index (χ3v) is 7.54. The van der Waals surface area contributed by atoms with Gasteiger partial charge in [-0.25, -0.2) is 15.0 Å². The van der Waals surface area contributed by atoms with Gasteiger partial charge in [0.2, 0.25) is 5.91 Å². The first-order valence-electron chi connectivity index (χ1n) is 12.7. The molecule has 0 aliphatic carbocycles. The van der Waals surface area contributed by atoms with Gasteiger partial charge >= 0.3 is 0 Å². The number of amides is 3. The van der Waals surface area contributed by atoms with E-state index in [0.717, 1.165) is 25.8 Å². The number of nitrogens with two attached hydrogens (primary N) is 2. The van der Waals surface area contributed by atoms with Crippen molar-refractivity contribution >= 4 is 58.4 Å². The highest BCUT2D eigenvalue weighted by atomic mass is 35.5. The van der Waals surface area contributed by atoms with E-state index in [0.29, 0.717) is 43.6 Å². The van der Waals surface area contributed by atoms with E-state index >= 15 is 0 Å². The second kappa shape index (κ2) is 12.2. The largest absolute Gasteiger partial charge is 0.383 e. The van der Waals surface area contributed by atoms with Crippen LogP contribution < -0.4 is 27.2 Å². The van der Waals surface area contributed by atoms with Crippen molar-refractivity contribution in [3.63, 3.8) is 0 Å². The summed E-state index contributed by atoms with van der Waals surface area (Å²) in [5, 5.41) is 0.314. The molecule has 2 aromatic rings. The Labute approximate surface area is 236 Å².